The molecule has 14 heavy (non-hydrogen) atoms. The first kappa shape index (κ1) is 11.5. The number of alkyl halides is 3. The van der Waals surface area contributed by atoms with Crippen LogP contribution in [-0.2, 0) is 11.9 Å². The highest BCUT2D eigenvalue weighted by atomic mass is 79.9. The van der Waals surface area contributed by atoms with E-state index in [1.54, 1.807) is 0 Å². The Bertz CT molecular complexity index is 333. The Kier molecular flexibility index (Phi) is 3.88. The zero-order valence-corrected chi connectivity index (χ0v) is 8.56. The van der Waals surface area contributed by atoms with Crippen molar-refractivity contribution in [2.24, 2.45) is 0 Å². The van der Waals surface area contributed by atoms with Crippen LogP contribution in [0.2, 0.25) is 0 Å². The minimum absolute atomic E-state index is 0.0455. The minimum Gasteiger partial charge on any atom is -0.392 e. The molecule has 0 radical (unpaired) electrons. The van der Waals surface area contributed by atoms with Crippen LogP contribution in [0.15, 0.2) is 6.20 Å². The molecule has 0 saturated carbocycles. The number of rotatable bonds is 3. The lowest BCUT2D eigenvalue weighted by molar-refractivity contribution is 0.145. The van der Waals surface area contributed by atoms with Crippen molar-refractivity contribution < 1.29 is 18.3 Å². The van der Waals surface area contributed by atoms with Gasteiger partial charge in [0.25, 0.3) is 6.43 Å². The van der Waals surface area contributed by atoms with E-state index in [0.717, 1.165) is 6.20 Å². The lowest BCUT2D eigenvalue weighted by atomic mass is 10.1. The second-order valence-corrected chi connectivity index (χ2v) is 3.12. The third kappa shape index (κ3) is 2.06. The summed E-state index contributed by atoms with van der Waals surface area (Å²) in [6.45, 7) is -0.576. The van der Waals surface area contributed by atoms with Gasteiger partial charge in [-0.05, 0) is 0 Å². The summed E-state index contributed by atoms with van der Waals surface area (Å²) < 4.78 is 38.0. The number of hydrogen-bond donors (Lipinski definition) is 1. The Balaban J connectivity index is 3.36. The molecule has 2 nitrogen and oxygen atoms in total. The van der Waals surface area contributed by atoms with Gasteiger partial charge in [-0.25, -0.2) is 13.8 Å². The maximum atomic E-state index is 13.0. The second-order valence-electron chi connectivity index (χ2n) is 2.56. The van der Waals surface area contributed by atoms with Gasteiger partial charge in [0.15, 0.2) is 0 Å². The molecule has 0 unspecified atom stereocenters. The third-order valence-corrected chi connectivity index (χ3v) is 2.34. The molecule has 0 fully saturated rings. The van der Waals surface area contributed by atoms with Crippen molar-refractivity contribution in [3.63, 3.8) is 0 Å². The molecule has 1 aromatic rings. The predicted molar refractivity (Wildman–Crippen MR) is 47.7 cm³/mol. The Morgan fingerprint density at radius 3 is 2.57 bits per heavy atom. The van der Waals surface area contributed by atoms with Crippen LogP contribution in [0.25, 0.3) is 0 Å². The van der Waals surface area contributed by atoms with Gasteiger partial charge in [0.2, 0.25) is 5.95 Å². The first-order valence-electron chi connectivity index (χ1n) is 3.73. The van der Waals surface area contributed by atoms with Gasteiger partial charge in [0.05, 0.1) is 6.61 Å². The Morgan fingerprint density at radius 2 is 2.14 bits per heavy atom. The lowest BCUT2D eigenvalue weighted by Crippen LogP contribution is -2.04. The Hall–Kier alpha value is -0.620. The molecule has 78 valence electrons. The van der Waals surface area contributed by atoms with Crippen LogP contribution in [0.4, 0.5) is 13.2 Å². The van der Waals surface area contributed by atoms with E-state index in [2.05, 4.69) is 20.9 Å². The molecular weight excluding hydrogens is 263 g/mol. The predicted octanol–water partition coefficient (Wildman–Crippen LogP) is 2.55. The van der Waals surface area contributed by atoms with Crippen molar-refractivity contribution in [1.82, 2.24) is 4.98 Å². The van der Waals surface area contributed by atoms with E-state index in [-0.39, 0.29) is 16.5 Å². The fourth-order valence-corrected chi connectivity index (χ4v) is 1.65. The van der Waals surface area contributed by atoms with Gasteiger partial charge in [0, 0.05) is 28.2 Å². The molecule has 0 aliphatic rings. The standard InChI is InChI=1S/C8H7BrF3NO/c9-1-5-6(7(10)11)4(3-14)2-13-8(5)12/h2,7,14H,1,3H2. The lowest BCUT2D eigenvalue weighted by Gasteiger charge is -2.10. The molecule has 1 heterocycles. The van der Waals surface area contributed by atoms with E-state index < -0.39 is 24.5 Å². The van der Waals surface area contributed by atoms with Crippen molar-refractivity contribution in [3.8, 4) is 0 Å². The van der Waals surface area contributed by atoms with Crippen molar-refractivity contribution >= 4 is 15.9 Å². The van der Waals surface area contributed by atoms with Gasteiger partial charge in [-0.3, -0.25) is 0 Å². The zero-order chi connectivity index (χ0) is 10.7. The van der Waals surface area contributed by atoms with Crippen LogP contribution in [0.5, 0.6) is 0 Å². The van der Waals surface area contributed by atoms with E-state index in [1.165, 1.54) is 0 Å². The van der Waals surface area contributed by atoms with E-state index in [1.807, 2.05) is 0 Å². The molecule has 0 aliphatic heterocycles. The topological polar surface area (TPSA) is 33.1 Å². The summed E-state index contributed by atoms with van der Waals surface area (Å²) in [6.07, 6.45) is -1.90. The Labute approximate surface area is 86.9 Å². The minimum atomic E-state index is -2.82. The van der Waals surface area contributed by atoms with Crippen molar-refractivity contribution in [2.45, 2.75) is 18.4 Å². The third-order valence-electron chi connectivity index (χ3n) is 1.78. The quantitative estimate of drug-likeness (QED) is 0.676. The van der Waals surface area contributed by atoms with Gasteiger partial charge in [0.1, 0.15) is 0 Å². The molecular formula is C8H7BrF3NO. The number of aliphatic hydroxyl groups excluding tert-OH is 1. The Morgan fingerprint density at radius 1 is 1.50 bits per heavy atom. The first-order valence-corrected chi connectivity index (χ1v) is 4.85. The van der Waals surface area contributed by atoms with E-state index >= 15 is 0 Å². The first-order chi connectivity index (χ1) is 6.61. The number of aliphatic hydroxyl groups is 1. The SMILES string of the molecule is OCc1cnc(F)c(CBr)c1C(F)F. The van der Waals surface area contributed by atoms with E-state index in [9.17, 15) is 13.2 Å². The highest BCUT2D eigenvalue weighted by molar-refractivity contribution is 9.08. The average Bonchev–Trinajstić information content (AvgIpc) is 2.17. The second kappa shape index (κ2) is 4.75. The summed E-state index contributed by atoms with van der Waals surface area (Å²) in [6, 6.07) is 0. The van der Waals surface area contributed by atoms with Gasteiger partial charge in [-0.1, -0.05) is 15.9 Å². The number of halogens is 4. The largest absolute Gasteiger partial charge is 0.392 e. The molecule has 0 bridgehead atoms. The molecule has 0 spiro atoms. The van der Waals surface area contributed by atoms with Gasteiger partial charge < -0.3 is 5.11 Å². The highest BCUT2D eigenvalue weighted by Gasteiger charge is 2.20. The number of nitrogens with zero attached hydrogens (tertiary/aromatic N) is 1. The normalized spacial score (nSPS) is 11.0. The summed E-state index contributed by atoms with van der Waals surface area (Å²) >= 11 is 2.90. The maximum Gasteiger partial charge on any atom is 0.264 e. The van der Waals surface area contributed by atoms with Gasteiger partial charge in [-0.15, -0.1) is 0 Å². The average molecular weight is 270 g/mol. The number of pyridine rings is 1. The molecule has 1 rings (SSSR count). The van der Waals surface area contributed by atoms with Crippen LogP contribution in [0, 0.1) is 5.95 Å². The van der Waals surface area contributed by atoms with Crippen molar-refractivity contribution in [2.75, 3.05) is 0 Å². The van der Waals surface area contributed by atoms with Crippen LogP contribution in [0.1, 0.15) is 23.1 Å². The van der Waals surface area contributed by atoms with Crippen LogP contribution in [-0.4, -0.2) is 10.1 Å². The summed E-state index contributed by atoms with van der Waals surface area (Å²) in [5.74, 6) is -0.936. The van der Waals surface area contributed by atoms with Gasteiger partial charge in [-0.2, -0.15) is 4.39 Å². The summed E-state index contributed by atoms with van der Waals surface area (Å²) in [5, 5.41) is 8.71. The fourth-order valence-electron chi connectivity index (χ4n) is 1.11. The van der Waals surface area contributed by atoms with Crippen molar-refractivity contribution in [1.29, 1.82) is 0 Å². The van der Waals surface area contributed by atoms with Gasteiger partial charge >= 0.3 is 0 Å². The molecule has 0 saturated heterocycles. The summed E-state index contributed by atoms with van der Waals surface area (Å²) in [5.41, 5.74) is -0.723. The maximum absolute atomic E-state index is 13.0. The van der Waals surface area contributed by atoms with Crippen LogP contribution < -0.4 is 0 Å². The number of aromatic nitrogens is 1. The monoisotopic (exact) mass is 269 g/mol. The molecule has 0 amide bonds. The van der Waals surface area contributed by atoms with Crippen LogP contribution >= 0.6 is 15.9 Å². The van der Waals surface area contributed by atoms with E-state index in [0.29, 0.717) is 0 Å². The molecule has 0 aromatic carbocycles. The molecule has 1 N–H and O–H groups in total. The fraction of sp³-hybridized carbons (Fsp3) is 0.375. The smallest absolute Gasteiger partial charge is 0.264 e. The highest BCUT2D eigenvalue weighted by Crippen LogP contribution is 2.29. The molecule has 0 aliphatic carbocycles. The number of hydrogen-bond acceptors (Lipinski definition) is 2. The summed E-state index contributed by atoms with van der Waals surface area (Å²) in [7, 11) is 0. The molecule has 0 atom stereocenters. The van der Waals surface area contributed by atoms with Crippen LogP contribution in [0.3, 0.4) is 0 Å². The van der Waals surface area contributed by atoms with E-state index in [4.69, 9.17) is 5.11 Å². The van der Waals surface area contributed by atoms with Crippen molar-refractivity contribution in [3.05, 3.63) is 28.8 Å². The molecule has 6 heteroatoms. The zero-order valence-electron chi connectivity index (χ0n) is 6.98. The molecule has 1 aromatic heterocycles. The summed E-state index contributed by atoms with van der Waals surface area (Å²) in [4.78, 5) is 3.27.